The molecule has 0 radical (unpaired) electrons. The molecule has 0 unspecified atom stereocenters. The van der Waals surface area contributed by atoms with E-state index in [0.29, 0.717) is 22.0 Å². The summed E-state index contributed by atoms with van der Waals surface area (Å²) in [5.74, 6) is 0. The van der Waals surface area contributed by atoms with Crippen molar-refractivity contribution in [2.75, 3.05) is 0 Å². The van der Waals surface area contributed by atoms with Crippen molar-refractivity contribution >= 4 is 37.2 Å². The predicted molar refractivity (Wildman–Crippen MR) is 136 cm³/mol. The quantitative estimate of drug-likeness (QED) is 0.217. The fourth-order valence-electron chi connectivity index (χ4n) is 2.92. The molecule has 8 nitrogen and oxygen atoms in total. The SMILES string of the molecule is CC(C)OP(=O)(OC(C)C)c1ccc(N=Nc2ccc(P(=O)(OC(C)C)OC(C)C)cc2)cc1. The van der Waals surface area contributed by atoms with Crippen molar-refractivity contribution < 1.29 is 27.2 Å². The fourth-order valence-corrected chi connectivity index (χ4v) is 6.76. The molecule has 0 aliphatic rings. The first-order valence-corrected chi connectivity index (χ1v) is 14.5. The maximum Gasteiger partial charge on any atom is 0.361 e. The Hall–Kier alpha value is -1.66. The maximum absolute atomic E-state index is 13.2. The van der Waals surface area contributed by atoms with E-state index in [1.165, 1.54) is 0 Å². The molecule has 0 aliphatic heterocycles. The molecule has 0 fully saturated rings. The van der Waals surface area contributed by atoms with Crippen LogP contribution in [0.3, 0.4) is 0 Å². The topological polar surface area (TPSA) is 95.8 Å². The van der Waals surface area contributed by atoms with E-state index >= 15 is 0 Å². The molecule has 0 aliphatic carbocycles. The normalized spacial score (nSPS) is 13.2. The summed E-state index contributed by atoms with van der Waals surface area (Å²) in [6, 6.07) is 13.5. The van der Waals surface area contributed by atoms with Crippen LogP contribution in [0.5, 0.6) is 0 Å². The molecule has 34 heavy (non-hydrogen) atoms. The lowest BCUT2D eigenvalue weighted by molar-refractivity contribution is 0.149. The number of hydrogen-bond donors (Lipinski definition) is 0. The Morgan fingerprint density at radius 3 is 0.941 bits per heavy atom. The van der Waals surface area contributed by atoms with Crippen LogP contribution >= 0.6 is 15.2 Å². The monoisotopic (exact) mass is 510 g/mol. The number of azo groups is 1. The van der Waals surface area contributed by atoms with Gasteiger partial charge in [0.15, 0.2) is 0 Å². The molecule has 0 saturated heterocycles. The molecule has 0 N–H and O–H groups in total. The van der Waals surface area contributed by atoms with E-state index in [2.05, 4.69) is 10.2 Å². The minimum atomic E-state index is -3.45. The largest absolute Gasteiger partial charge is 0.361 e. The Morgan fingerprint density at radius 1 is 0.500 bits per heavy atom. The highest BCUT2D eigenvalue weighted by Gasteiger charge is 2.31. The summed E-state index contributed by atoms with van der Waals surface area (Å²) in [5, 5.41) is 9.39. The second-order valence-corrected chi connectivity index (χ2v) is 12.7. The summed E-state index contributed by atoms with van der Waals surface area (Å²) in [4.78, 5) is 0. The lowest BCUT2D eigenvalue weighted by Gasteiger charge is -2.23. The molecule has 0 spiro atoms. The Morgan fingerprint density at radius 2 is 0.735 bits per heavy atom. The van der Waals surface area contributed by atoms with Crippen LogP contribution in [0.2, 0.25) is 0 Å². The van der Waals surface area contributed by atoms with E-state index in [1.54, 1.807) is 48.5 Å². The van der Waals surface area contributed by atoms with E-state index in [-0.39, 0.29) is 24.4 Å². The predicted octanol–water partition coefficient (Wildman–Crippen LogP) is 7.44. The van der Waals surface area contributed by atoms with Gasteiger partial charge in [0.1, 0.15) is 0 Å². The van der Waals surface area contributed by atoms with Crippen LogP contribution in [-0.2, 0) is 27.2 Å². The van der Waals surface area contributed by atoms with E-state index in [4.69, 9.17) is 18.1 Å². The number of rotatable bonds is 12. The zero-order valence-electron chi connectivity index (χ0n) is 21.2. The summed E-state index contributed by atoms with van der Waals surface area (Å²) in [7, 11) is -6.89. The van der Waals surface area contributed by atoms with Crippen LogP contribution in [0.25, 0.3) is 0 Å². The average molecular weight is 511 g/mol. The Bertz CT molecular complexity index is 923. The molecule has 0 amide bonds. The second kappa shape index (κ2) is 12.3. The number of benzene rings is 2. The molecule has 0 saturated carbocycles. The van der Waals surface area contributed by atoms with Crippen LogP contribution in [0, 0.1) is 0 Å². The molecule has 0 atom stereocenters. The summed E-state index contributed by atoms with van der Waals surface area (Å²) in [6.07, 6.45) is -1.00. The zero-order valence-corrected chi connectivity index (χ0v) is 23.0. The zero-order chi connectivity index (χ0) is 25.5. The van der Waals surface area contributed by atoms with Crippen molar-refractivity contribution in [3.63, 3.8) is 0 Å². The molecule has 188 valence electrons. The van der Waals surface area contributed by atoms with Crippen LogP contribution in [0.4, 0.5) is 11.4 Å². The summed E-state index contributed by atoms with van der Waals surface area (Å²) in [5.41, 5.74) is 1.15. The highest BCUT2D eigenvalue weighted by molar-refractivity contribution is 7.62. The van der Waals surface area contributed by atoms with Gasteiger partial charge in [0, 0.05) is 0 Å². The van der Waals surface area contributed by atoms with E-state index in [9.17, 15) is 9.13 Å². The first-order valence-electron chi connectivity index (χ1n) is 11.4. The van der Waals surface area contributed by atoms with Gasteiger partial charge < -0.3 is 18.1 Å². The number of hydrogen-bond acceptors (Lipinski definition) is 8. The van der Waals surface area contributed by atoms with Crippen LogP contribution in [-0.4, -0.2) is 24.4 Å². The highest BCUT2D eigenvalue weighted by Crippen LogP contribution is 2.50. The van der Waals surface area contributed by atoms with Crippen molar-refractivity contribution in [2.24, 2.45) is 10.2 Å². The number of nitrogens with zero attached hydrogens (tertiary/aromatic N) is 2. The molecule has 2 aromatic rings. The minimum Gasteiger partial charge on any atom is -0.302 e. The van der Waals surface area contributed by atoms with Gasteiger partial charge in [-0.25, -0.2) is 0 Å². The van der Waals surface area contributed by atoms with Gasteiger partial charge in [0.05, 0.1) is 46.4 Å². The third-order valence-electron chi connectivity index (χ3n) is 4.01. The lowest BCUT2D eigenvalue weighted by atomic mass is 10.3. The standard InChI is InChI=1S/C24H36N2O6P2/c1-17(2)29-33(27,30-18(3)4)23-13-9-21(10-14-23)25-26-22-11-15-24(16-12-22)34(28,31-19(5)6)32-20(7)8/h9-20H,1-8H3. The first kappa shape index (κ1) is 28.6. The Kier molecular flexibility index (Phi) is 10.4. The molecule has 10 heteroatoms. The van der Waals surface area contributed by atoms with Gasteiger partial charge in [-0.1, -0.05) is 0 Å². The smallest absolute Gasteiger partial charge is 0.302 e. The van der Waals surface area contributed by atoms with Crippen molar-refractivity contribution in [1.82, 2.24) is 0 Å². The summed E-state index contributed by atoms with van der Waals surface area (Å²) < 4.78 is 49.0. The Labute approximate surface area is 203 Å². The molecule has 0 aromatic heterocycles. The molecule has 2 rings (SSSR count). The molecule has 0 heterocycles. The van der Waals surface area contributed by atoms with Gasteiger partial charge >= 0.3 is 15.2 Å². The molecule has 2 aromatic carbocycles. The van der Waals surface area contributed by atoms with Crippen LogP contribution in [0.15, 0.2) is 58.8 Å². The van der Waals surface area contributed by atoms with Crippen molar-refractivity contribution in [3.8, 4) is 0 Å². The maximum atomic E-state index is 13.2. The van der Waals surface area contributed by atoms with Gasteiger partial charge in [-0.2, -0.15) is 10.2 Å². The Balaban J connectivity index is 2.19. The van der Waals surface area contributed by atoms with Crippen molar-refractivity contribution in [3.05, 3.63) is 48.5 Å². The summed E-state index contributed by atoms with van der Waals surface area (Å²) in [6.45, 7) is 14.5. The first-order chi connectivity index (χ1) is 15.8. The molecule has 0 bridgehead atoms. The van der Waals surface area contributed by atoms with Gasteiger partial charge in [-0.3, -0.25) is 9.13 Å². The second-order valence-electron chi connectivity index (χ2n) is 8.84. The van der Waals surface area contributed by atoms with E-state index in [0.717, 1.165) is 0 Å². The van der Waals surface area contributed by atoms with Crippen LogP contribution in [0.1, 0.15) is 55.4 Å². The van der Waals surface area contributed by atoms with Gasteiger partial charge in [-0.05, 0) is 104 Å². The van der Waals surface area contributed by atoms with E-state index in [1.807, 2.05) is 55.4 Å². The van der Waals surface area contributed by atoms with Gasteiger partial charge in [-0.15, -0.1) is 0 Å². The lowest BCUT2D eigenvalue weighted by Crippen LogP contribution is -2.16. The molecular weight excluding hydrogens is 474 g/mol. The summed E-state index contributed by atoms with van der Waals surface area (Å²) >= 11 is 0. The molecular formula is C24H36N2O6P2. The minimum absolute atomic E-state index is 0.251. The third kappa shape index (κ3) is 8.53. The van der Waals surface area contributed by atoms with Gasteiger partial charge in [0.25, 0.3) is 0 Å². The highest BCUT2D eigenvalue weighted by atomic mass is 31.2. The average Bonchev–Trinajstić information content (AvgIpc) is 2.70. The van der Waals surface area contributed by atoms with Crippen molar-refractivity contribution in [2.45, 2.75) is 79.8 Å². The van der Waals surface area contributed by atoms with Gasteiger partial charge in [0.2, 0.25) is 0 Å². The van der Waals surface area contributed by atoms with Crippen molar-refractivity contribution in [1.29, 1.82) is 0 Å². The van der Waals surface area contributed by atoms with E-state index < -0.39 is 15.2 Å². The fraction of sp³-hybridized carbons (Fsp3) is 0.500. The third-order valence-corrected chi connectivity index (χ3v) is 8.67. The van der Waals surface area contributed by atoms with Crippen LogP contribution < -0.4 is 10.6 Å².